The molecule has 16 heteroatoms. The highest BCUT2D eigenvalue weighted by atomic mass is 32.2. The van der Waals surface area contributed by atoms with Crippen LogP contribution in [0.3, 0.4) is 0 Å². The first-order chi connectivity index (χ1) is 26.4. The van der Waals surface area contributed by atoms with Crippen LogP contribution in [0.2, 0.25) is 0 Å². The van der Waals surface area contributed by atoms with E-state index in [0.29, 0.717) is 29.9 Å². The number of halogens is 2. The third-order valence-corrected chi connectivity index (χ3v) is 12.6. The number of alkyl halides is 2. The molecule has 1 saturated heterocycles. The monoisotopic (exact) mass is 796 g/mol. The van der Waals surface area contributed by atoms with Crippen molar-refractivity contribution in [2.45, 2.75) is 88.8 Å². The summed E-state index contributed by atoms with van der Waals surface area (Å²) in [6, 6.07) is 16.4. The van der Waals surface area contributed by atoms with Crippen LogP contribution in [0.15, 0.2) is 60.7 Å². The first kappa shape index (κ1) is 39.3. The second-order valence-corrected chi connectivity index (χ2v) is 18.4. The summed E-state index contributed by atoms with van der Waals surface area (Å²) < 4.78 is 73.9. The van der Waals surface area contributed by atoms with Crippen molar-refractivity contribution in [3.05, 3.63) is 60.7 Å². The van der Waals surface area contributed by atoms with E-state index in [1.165, 1.54) is 4.90 Å². The zero-order valence-electron chi connectivity index (χ0n) is 31.6. The fourth-order valence-electron chi connectivity index (χ4n) is 7.37. The van der Waals surface area contributed by atoms with Crippen molar-refractivity contribution >= 4 is 44.6 Å². The van der Waals surface area contributed by atoms with Crippen molar-refractivity contribution in [3.63, 3.8) is 0 Å². The fraction of sp³-hybridized carbons (Fsp3) is 0.500. The summed E-state index contributed by atoms with van der Waals surface area (Å²) >= 11 is 0. The molecule has 2 aliphatic carbocycles. The van der Waals surface area contributed by atoms with Crippen LogP contribution in [0.1, 0.15) is 53.4 Å². The van der Waals surface area contributed by atoms with Crippen LogP contribution in [-0.2, 0) is 29.1 Å². The maximum atomic E-state index is 14.6. The molecule has 3 aromatic rings. The first-order valence-corrected chi connectivity index (χ1v) is 20.3. The number of rotatable bonds is 6. The van der Waals surface area contributed by atoms with Gasteiger partial charge in [0.05, 0.1) is 30.9 Å². The molecule has 2 aliphatic heterocycles. The zero-order valence-corrected chi connectivity index (χ0v) is 32.4. The molecule has 4 aliphatic rings. The number of fused-ring (bicyclic) bond motifs is 7. The Balaban J connectivity index is 1.27. The lowest BCUT2D eigenvalue weighted by molar-refractivity contribution is -0.143. The molecule has 0 spiro atoms. The number of alkyl carbamates (subject to hydrolysis) is 1. The van der Waals surface area contributed by atoms with E-state index in [1.54, 1.807) is 20.8 Å². The maximum absolute atomic E-state index is 14.6. The Kier molecular flexibility index (Phi) is 10.4. The summed E-state index contributed by atoms with van der Waals surface area (Å²) in [4.78, 5) is 56.7. The van der Waals surface area contributed by atoms with Crippen LogP contribution in [0, 0.1) is 17.3 Å². The van der Waals surface area contributed by atoms with E-state index in [2.05, 4.69) is 10.6 Å². The smallest absolute Gasteiger partial charge is 0.407 e. The maximum Gasteiger partial charge on any atom is 0.407 e. The first-order valence-electron chi connectivity index (χ1n) is 18.8. The zero-order chi connectivity index (χ0) is 40.2. The topological polar surface area (TPSA) is 169 Å². The Morgan fingerprint density at radius 3 is 2.34 bits per heavy atom. The number of hydrogen-bond donors (Lipinski definition) is 3. The van der Waals surface area contributed by atoms with Crippen LogP contribution in [0.5, 0.6) is 11.5 Å². The Morgan fingerprint density at radius 2 is 1.68 bits per heavy atom. The van der Waals surface area contributed by atoms with Gasteiger partial charge in [-0.15, -0.1) is 0 Å². The molecular weight excluding hydrogens is 751 g/mol. The number of nitrogens with one attached hydrogen (secondary N) is 3. The van der Waals surface area contributed by atoms with Gasteiger partial charge in [0.15, 0.2) is 0 Å². The number of carbonyl (C=O) groups excluding carboxylic acids is 4. The molecule has 6 atom stereocenters. The molecule has 0 radical (unpaired) electrons. The molecule has 2 heterocycles. The van der Waals surface area contributed by atoms with Gasteiger partial charge in [-0.25, -0.2) is 22.0 Å². The second-order valence-electron chi connectivity index (χ2n) is 16.4. The van der Waals surface area contributed by atoms with Gasteiger partial charge in [-0.3, -0.25) is 19.1 Å². The normalized spacial score (nSPS) is 27.1. The largest absolute Gasteiger partial charge is 0.493 e. The Bertz CT molecular complexity index is 2160. The van der Waals surface area contributed by atoms with Crippen LogP contribution < -0.4 is 24.8 Å². The van der Waals surface area contributed by atoms with Gasteiger partial charge in [0.2, 0.25) is 28.3 Å². The summed E-state index contributed by atoms with van der Waals surface area (Å²) in [5.74, 6) is -3.72. The Hall–Kier alpha value is -4.99. The lowest BCUT2D eigenvalue weighted by Gasteiger charge is -2.35. The molecule has 7 rings (SSSR count). The molecule has 13 nitrogen and oxygen atoms in total. The average molecular weight is 797 g/mol. The molecule has 4 amide bonds. The number of amides is 4. The van der Waals surface area contributed by atoms with Crippen LogP contribution in [0.4, 0.5) is 13.6 Å². The number of sulfonamides is 1. The molecule has 300 valence electrons. The summed E-state index contributed by atoms with van der Waals surface area (Å²) in [5, 5.41) is 6.10. The minimum absolute atomic E-state index is 0.0258. The van der Waals surface area contributed by atoms with E-state index >= 15 is 0 Å². The summed E-state index contributed by atoms with van der Waals surface area (Å²) in [6.07, 6.45) is -4.70. The van der Waals surface area contributed by atoms with Crippen LogP contribution in [0.25, 0.3) is 21.9 Å². The predicted molar refractivity (Wildman–Crippen MR) is 201 cm³/mol. The summed E-state index contributed by atoms with van der Waals surface area (Å²) in [6.45, 7) is 7.07. The van der Waals surface area contributed by atoms with Crippen molar-refractivity contribution in [1.29, 1.82) is 0 Å². The quantitative estimate of drug-likeness (QED) is 0.318. The van der Waals surface area contributed by atoms with Gasteiger partial charge >= 0.3 is 6.09 Å². The second kappa shape index (κ2) is 14.8. The number of benzene rings is 3. The Labute approximate surface area is 323 Å². The minimum Gasteiger partial charge on any atom is -0.493 e. The highest BCUT2D eigenvalue weighted by Crippen LogP contribution is 2.48. The fourth-order valence-corrected chi connectivity index (χ4v) is 8.73. The number of ether oxygens (including phenoxy) is 3. The lowest BCUT2D eigenvalue weighted by Crippen LogP contribution is -2.60. The van der Waals surface area contributed by atoms with Gasteiger partial charge < -0.3 is 29.7 Å². The number of cyclic esters (lactones) is 1. The molecular formula is C40H46F2N4O9S. The Morgan fingerprint density at radius 1 is 0.982 bits per heavy atom. The number of nitrogens with zero attached hydrogens (tertiary/aromatic N) is 1. The van der Waals surface area contributed by atoms with E-state index in [-0.39, 0.29) is 32.1 Å². The van der Waals surface area contributed by atoms with Crippen LogP contribution >= 0.6 is 0 Å². The van der Waals surface area contributed by atoms with Crippen molar-refractivity contribution in [2.75, 3.05) is 19.8 Å². The van der Waals surface area contributed by atoms with Gasteiger partial charge in [0, 0.05) is 17.9 Å². The van der Waals surface area contributed by atoms with Gasteiger partial charge in [-0.05, 0) is 65.3 Å². The number of carbonyl (C=O) groups is 4. The SMILES string of the molecule is C[C@H]1COC(=O)N[C@@H](C(C)(C)C)C(=O)N2CC(C[C@H]2C(=O)NC2(C(=O)NS(=O)(=O)C3CC3)C[C@H]2C(F)F)Oc2cc3ccccc3cc2-c2cccc(c2)OC1. The van der Waals surface area contributed by atoms with E-state index in [9.17, 15) is 36.4 Å². The number of hydrogen-bond acceptors (Lipinski definition) is 9. The van der Waals surface area contributed by atoms with Gasteiger partial charge in [0.25, 0.3) is 5.91 Å². The third kappa shape index (κ3) is 8.11. The van der Waals surface area contributed by atoms with Gasteiger partial charge in [-0.1, -0.05) is 64.1 Å². The van der Waals surface area contributed by atoms with Crippen molar-refractivity contribution in [1.82, 2.24) is 20.3 Å². The summed E-state index contributed by atoms with van der Waals surface area (Å²) in [7, 11) is -4.13. The highest BCUT2D eigenvalue weighted by Gasteiger charge is 2.67. The van der Waals surface area contributed by atoms with E-state index < -0.39 is 87.0 Å². The highest BCUT2D eigenvalue weighted by molar-refractivity contribution is 7.91. The van der Waals surface area contributed by atoms with Gasteiger partial charge in [0.1, 0.15) is 35.2 Å². The molecule has 3 fully saturated rings. The molecule has 3 N–H and O–H groups in total. The molecule has 56 heavy (non-hydrogen) atoms. The average Bonchev–Trinajstić information content (AvgIpc) is 4.08. The van der Waals surface area contributed by atoms with E-state index in [0.717, 1.165) is 16.3 Å². The molecule has 4 bridgehead atoms. The predicted octanol–water partition coefficient (Wildman–Crippen LogP) is 4.77. The molecule has 2 saturated carbocycles. The minimum atomic E-state index is -4.13. The molecule has 0 aromatic heterocycles. The van der Waals surface area contributed by atoms with Crippen LogP contribution in [-0.4, -0.2) is 92.3 Å². The standard InChI is InChI=1S/C40H46F2N4O9S/c1-22-20-53-26-11-7-10-25(14-26)29-15-23-8-5-6-9-24(23)16-32(29)55-27-17-31(46(19-27)36(48)33(39(2,3)4)43-38(50)54-21-22)35(47)44-40(18-30(40)34(41)42)37(49)45-56(51,52)28-12-13-28/h5-11,14-16,22,27-28,30-31,33-34H,12-13,17-21H2,1-4H3,(H,43,50)(H,44,47)(H,45,49)/t22-,27?,30+,31+,33-,40?/m1/s1. The van der Waals surface area contributed by atoms with Crippen molar-refractivity contribution in [3.8, 4) is 22.6 Å². The molecule has 2 unspecified atom stereocenters. The third-order valence-electron chi connectivity index (χ3n) is 10.8. The molecule has 3 aromatic carbocycles. The van der Waals surface area contributed by atoms with Crippen molar-refractivity contribution < 1.29 is 50.6 Å². The van der Waals surface area contributed by atoms with Gasteiger partial charge in [-0.2, -0.15) is 0 Å². The van der Waals surface area contributed by atoms with Crippen molar-refractivity contribution in [2.24, 2.45) is 17.3 Å². The summed E-state index contributed by atoms with van der Waals surface area (Å²) in [5.41, 5.74) is -1.65. The van der Waals surface area contributed by atoms with E-state index in [4.69, 9.17) is 14.2 Å². The van der Waals surface area contributed by atoms with E-state index in [1.807, 2.05) is 72.3 Å². The lowest BCUT2D eigenvalue weighted by atomic mass is 9.85.